The molecule has 0 fully saturated rings. The summed E-state index contributed by atoms with van der Waals surface area (Å²) < 4.78 is 4.66. The summed E-state index contributed by atoms with van der Waals surface area (Å²) in [5.74, 6) is 0. The summed E-state index contributed by atoms with van der Waals surface area (Å²) in [6, 6.07) is 3.47. The molecule has 0 saturated carbocycles. The van der Waals surface area contributed by atoms with E-state index in [1.165, 1.54) is 0 Å². The highest BCUT2D eigenvalue weighted by atomic mass is 16.6. The number of fused-ring (bicyclic) bond motifs is 1. The fourth-order valence-electron chi connectivity index (χ4n) is 1.72. The van der Waals surface area contributed by atoms with Crippen molar-refractivity contribution in [1.29, 1.82) is 0 Å². The predicted octanol–water partition coefficient (Wildman–Crippen LogP) is -0.404. The van der Waals surface area contributed by atoms with Gasteiger partial charge in [-0.05, 0) is 22.4 Å². The van der Waals surface area contributed by atoms with Gasteiger partial charge in [-0.15, -0.1) is 0 Å². The number of benzene rings is 1. The molecule has 7 heteroatoms. The SMILES string of the molecule is Nc1ccc(N(CCO)CCO)c2nonc12. The Hall–Kier alpha value is -1.86. The van der Waals surface area contributed by atoms with Crippen molar-refractivity contribution in [2.24, 2.45) is 0 Å². The van der Waals surface area contributed by atoms with Crippen LogP contribution in [-0.4, -0.2) is 46.8 Å². The van der Waals surface area contributed by atoms with E-state index < -0.39 is 0 Å². The molecule has 0 atom stereocenters. The van der Waals surface area contributed by atoms with Crippen molar-refractivity contribution in [1.82, 2.24) is 10.3 Å². The van der Waals surface area contributed by atoms with Crippen molar-refractivity contribution in [2.75, 3.05) is 36.9 Å². The van der Waals surface area contributed by atoms with Gasteiger partial charge in [-0.1, -0.05) is 0 Å². The second-order valence-corrected chi connectivity index (χ2v) is 3.57. The first-order chi connectivity index (χ1) is 8.27. The molecule has 0 aliphatic rings. The highest BCUT2D eigenvalue weighted by Crippen LogP contribution is 2.27. The Morgan fingerprint density at radius 1 is 1.12 bits per heavy atom. The topological polar surface area (TPSA) is 109 Å². The molecule has 0 unspecified atom stereocenters. The lowest BCUT2D eigenvalue weighted by atomic mass is 10.2. The Morgan fingerprint density at radius 3 is 2.41 bits per heavy atom. The van der Waals surface area contributed by atoms with E-state index in [-0.39, 0.29) is 13.2 Å². The summed E-state index contributed by atoms with van der Waals surface area (Å²) in [5.41, 5.74) is 7.98. The lowest BCUT2D eigenvalue weighted by Crippen LogP contribution is -2.29. The van der Waals surface area contributed by atoms with Crippen LogP contribution in [0.15, 0.2) is 16.8 Å². The number of hydrogen-bond donors (Lipinski definition) is 3. The van der Waals surface area contributed by atoms with Gasteiger partial charge in [0.05, 0.1) is 24.6 Å². The number of nitrogens with zero attached hydrogens (tertiary/aromatic N) is 3. The Labute approximate surface area is 97.4 Å². The van der Waals surface area contributed by atoms with Crippen LogP contribution in [0.5, 0.6) is 0 Å². The van der Waals surface area contributed by atoms with Crippen LogP contribution < -0.4 is 10.6 Å². The van der Waals surface area contributed by atoms with Gasteiger partial charge in [-0.2, -0.15) is 0 Å². The smallest absolute Gasteiger partial charge is 0.160 e. The normalized spacial score (nSPS) is 10.9. The molecule has 1 aromatic carbocycles. The minimum atomic E-state index is -0.0167. The molecule has 2 rings (SSSR count). The van der Waals surface area contributed by atoms with Crippen molar-refractivity contribution < 1.29 is 14.8 Å². The Morgan fingerprint density at radius 2 is 1.76 bits per heavy atom. The number of hydrogen-bond acceptors (Lipinski definition) is 7. The Kier molecular flexibility index (Phi) is 3.40. The van der Waals surface area contributed by atoms with E-state index in [1.807, 2.05) is 0 Å². The molecule has 7 nitrogen and oxygen atoms in total. The molecule has 0 aliphatic carbocycles. The van der Waals surface area contributed by atoms with E-state index in [9.17, 15) is 0 Å². The molecule has 0 saturated heterocycles. The lowest BCUT2D eigenvalue weighted by molar-refractivity contribution is 0.281. The summed E-state index contributed by atoms with van der Waals surface area (Å²) in [5, 5.41) is 25.5. The maximum Gasteiger partial charge on any atom is 0.160 e. The molecule has 1 aromatic heterocycles. The van der Waals surface area contributed by atoms with Crippen LogP contribution in [0.25, 0.3) is 11.0 Å². The summed E-state index contributed by atoms with van der Waals surface area (Å²) in [4.78, 5) is 1.80. The zero-order valence-corrected chi connectivity index (χ0v) is 9.20. The average molecular weight is 238 g/mol. The second-order valence-electron chi connectivity index (χ2n) is 3.57. The lowest BCUT2D eigenvalue weighted by Gasteiger charge is -2.22. The van der Waals surface area contributed by atoms with E-state index in [0.29, 0.717) is 29.8 Å². The van der Waals surface area contributed by atoms with Crippen LogP contribution in [0.2, 0.25) is 0 Å². The van der Waals surface area contributed by atoms with Crippen molar-refractivity contribution in [2.45, 2.75) is 0 Å². The van der Waals surface area contributed by atoms with E-state index in [1.54, 1.807) is 17.0 Å². The van der Waals surface area contributed by atoms with Gasteiger partial charge in [0.15, 0.2) is 11.0 Å². The van der Waals surface area contributed by atoms with Crippen molar-refractivity contribution in [3.05, 3.63) is 12.1 Å². The van der Waals surface area contributed by atoms with E-state index in [4.69, 9.17) is 15.9 Å². The largest absolute Gasteiger partial charge is 0.397 e. The van der Waals surface area contributed by atoms with Crippen LogP contribution in [-0.2, 0) is 0 Å². The Bertz CT molecular complexity index is 493. The van der Waals surface area contributed by atoms with Gasteiger partial charge < -0.3 is 20.8 Å². The number of aromatic nitrogens is 2. The number of anilines is 2. The van der Waals surface area contributed by atoms with Gasteiger partial charge >= 0.3 is 0 Å². The van der Waals surface area contributed by atoms with Crippen molar-refractivity contribution in [3.63, 3.8) is 0 Å². The molecule has 0 amide bonds. The van der Waals surface area contributed by atoms with E-state index in [0.717, 1.165) is 5.69 Å². The van der Waals surface area contributed by atoms with E-state index in [2.05, 4.69) is 14.9 Å². The van der Waals surface area contributed by atoms with Crippen LogP contribution in [0.1, 0.15) is 0 Å². The monoisotopic (exact) mass is 238 g/mol. The number of nitrogen functional groups attached to an aromatic ring is 1. The minimum Gasteiger partial charge on any atom is -0.397 e. The maximum absolute atomic E-state index is 8.99. The average Bonchev–Trinajstić information content (AvgIpc) is 2.79. The van der Waals surface area contributed by atoms with Crippen LogP contribution in [0, 0.1) is 0 Å². The van der Waals surface area contributed by atoms with Gasteiger partial charge in [0.2, 0.25) is 0 Å². The van der Waals surface area contributed by atoms with E-state index >= 15 is 0 Å². The summed E-state index contributed by atoms with van der Waals surface area (Å²) in [6.45, 7) is 0.757. The minimum absolute atomic E-state index is 0.0167. The maximum atomic E-state index is 8.99. The van der Waals surface area contributed by atoms with Crippen LogP contribution in [0.4, 0.5) is 11.4 Å². The summed E-state index contributed by atoms with van der Waals surface area (Å²) in [6.07, 6.45) is 0. The number of aliphatic hydroxyl groups is 2. The molecule has 17 heavy (non-hydrogen) atoms. The molecule has 0 spiro atoms. The van der Waals surface area contributed by atoms with Gasteiger partial charge in [0.25, 0.3) is 0 Å². The van der Waals surface area contributed by atoms with Crippen molar-refractivity contribution >= 4 is 22.4 Å². The summed E-state index contributed by atoms with van der Waals surface area (Å²) >= 11 is 0. The molecule has 1 heterocycles. The molecule has 0 bridgehead atoms. The molecule has 2 aromatic rings. The zero-order chi connectivity index (χ0) is 12.3. The van der Waals surface area contributed by atoms with Crippen LogP contribution >= 0.6 is 0 Å². The zero-order valence-electron chi connectivity index (χ0n) is 9.20. The first-order valence-electron chi connectivity index (χ1n) is 5.25. The first-order valence-corrected chi connectivity index (χ1v) is 5.25. The molecule has 0 aliphatic heterocycles. The van der Waals surface area contributed by atoms with Gasteiger partial charge in [-0.3, -0.25) is 0 Å². The Balaban J connectivity index is 2.45. The molecular formula is C10H14N4O3. The first kappa shape index (κ1) is 11.6. The van der Waals surface area contributed by atoms with Crippen molar-refractivity contribution in [3.8, 4) is 0 Å². The number of nitrogens with two attached hydrogens (primary N) is 1. The molecular weight excluding hydrogens is 224 g/mol. The second kappa shape index (κ2) is 4.98. The fourth-order valence-corrected chi connectivity index (χ4v) is 1.72. The van der Waals surface area contributed by atoms with Crippen LogP contribution in [0.3, 0.4) is 0 Å². The van der Waals surface area contributed by atoms with Gasteiger partial charge in [0, 0.05) is 13.1 Å². The van der Waals surface area contributed by atoms with Gasteiger partial charge in [-0.25, -0.2) is 4.63 Å². The quantitative estimate of drug-likeness (QED) is 0.608. The highest BCUT2D eigenvalue weighted by Gasteiger charge is 2.15. The third-order valence-corrected chi connectivity index (χ3v) is 2.51. The predicted molar refractivity (Wildman–Crippen MR) is 62.6 cm³/mol. The summed E-state index contributed by atoms with van der Waals surface area (Å²) in [7, 11) is 0. The third-order valence-electron chi connectivity index (χ3n) is 2.51. The fraction of sp³-hybridized carbons (Fsp3) is 0.400. The standard InChI is InChI=1S/C10H14N4O3/c11-7-1-2-8(10-9(7)12-17-13-10)14(3-5-15)4-6-16/h1-2,15-16H,3-6,11H2. The number of rotatable bonds is 5. The number of aliphatic hydroxyl groups excluding tert-OH is 2. The third kappa shape index (κ3) is 2.15. The van der Waals surface area contributed by atoms with Gasteiger partial charge in [0.1, 0.15) is 0 Å². The highest BCUT2D eigenvalue weighted by molar-refractivity contribution is 5.95. The molecule has 92 valence electrons. The molecule has 4 N–H and O–H groups in total. The molecule has 0 radical (unpaired) electrons.